The fourth-order valence-electron chi connectivity index (χ4n) is 4.04. The van der Waals surface area contributed by atoms with Crippen molar-refractivity contribution >= 4 is 22.2 Å². The third-order valence-corrected chi connectivity index (χ3v) is 6.81. The summed E-state index contributed by atoms with van der Waals surface area (Å²) in [7, 11) is 0. The Labute approximate surface area is 184 Å². The maximum atomic E-state index is 12.9. The summed E-state index contributed by atoms with van der Waals surface area (Å²) in [6.07, 6.45) is 5.14. The smallest absolute Gasteiger partial charge is 0.254 e. The van der Waals surface area contributed by atoms with E-state index in [0.717, 1.165) is 51.7 Å². The average Bonchev–Trinajstić information content (AvgIpc) is 3.40. The van der Waals surface area contributed by atoms with Crippen LogP contribution in [0.5, 0.6) is 0 Å². The van der Waals surface area contributed by atoms with Crippen molar-refractivity contribution in [1.82, 2.24) is 19.5 Å². The molecule has 0 aliphatic carbocycles. The van der Waals surface area contributed by atoms with Crippen molar-refractivity contribution in [3.63, 3.8) is 0 Å². The highest BCUT2D eigenvalue weighted by Gasteiger charge is 2.24. The molecule has 2 aromatic heterocycles. The Balaban J connectivity index is 1.41. The molecule has 3 heterocycles. The number of benzene rings is 2. The first-order valence-electron chi connectivity index (χ1n) is 10.4. The van der Waals surface area contributed by atoms with Crippen LogP contribution in [0.2, 0.25) is 0 Å². The Bertz CT molecular complexity index is 1280. The summed E-state index contributed by atoms with van der Waals surface area (Å²) in [5.41, 5.74) is 4.14. The lowest BCUT2D eigenvalue weighted by atomic mass is 10.0. The van der Waals surface area contributed by atoms with Crippen LogP contribution in [0, 0.1) is 11.3 Å². The molecule has 1 aliphatic rings. The van der Waals surface area contributed by atoms with Crippen LogP contribution in [-0.2, 0) is 0 Å². The Hall–Kier alpha value is -3.50. The molecule has 1 aliphatic heterocycles. The molecule has 0 N–H and O–H groups in total. The summed E-state index contributed by atoms with van der Waals surface area (Å²) in [6.45, 7) is 2.96. The zero-order valence-corrected chi connectivity index (χ0v) is 18.0. The van der Waals surface area contributed by atoms with Gasteiger partial charge in [-0.05, 0) is 50.5 Å². The molecule has 1 fully saturated rings. The first-order valence-corrected chi connectivity index (χ1v) is 11.2. The Morgan fingerprint density at radius 1 is 1.10 bits per heavy atom. The molecule has 0 saturated carbocycles. The van der Waals surface area contributed by atoms with E-state index in [2.05, 4.69) is 18.0 Å². The van der Waals surface area contributed by atoms with Gasteiger partial charge >= 0.3 is 0 Å². The average molecular weight is 428 g/mol. The molecule has 0 bridgehead atoms. The van der Waals surface area contributed by atoms with Gasteiger partial charge in [-0.1, -0.05) is 35.6 Å². The van der Waals surface area contributed by atoms with Gasteiger partial charge in [0.15, 0.2) is 0 Å². The molecule has 4 aromatic rings. The van der Waals surface area contributed by atoms with E-state index < -0.39 is 0 Å². The summed E-state index contributed by atoms with van der Waals surface area (Å²) >= 11 is 1.51. The van der Waals surface area contributed by atoms with E-state index in [-0.39, 0.29) is 5.91 Å². The standard InChI is InChI=1S/C24H21N5OS/c1-16-4-2-3-13-28(16)23(30)20-11-9-19(10-12-20)22-27-29-21(15-26-24(29)31-22)18-7-5-17(14-25)6-8-18/h5-12,15-16H,2-4,13H2,1H3. The molecule has 5 rings (SSSR count). The minimum atomic E-state index is 0.107. The van der Waals surface area contributed by atoms with Crippen molar-refractivity contribution < 1.29 is 4.79 Å². The molecule has 1 atom stereocenters. The van der Waals surface area contributed by atoms with Crippen molar-refractivity contribution in [2.24, 2.45) is 0 Å². The number of hydrogen-bond acceptors (Lipinski definition) is 5. The molecule has 31 heavy (non-hydrogen) atoms. The summed E-state index contributed by atoms with van der Waals surface area (Å²) in [5, 5.41) is 14.6. The summed E-state index contributed by atoms with van der Waals surface area (Å²) in [4.78, 5) is 20.2. The number of hydrogen-bond donors (Lipinski definition) is 0. The highest BCUT2D eigenvalue weighted by atomic mass is 32.1. The van der Waals surface area contributed by atoms with Gasteiger partial charge in [-0.3, -0.25) is 4.79 Å². The molecule has 1 unspecified atom stereocenters. The quantitative estimate of drug-likeness (QED) is 0.461. The van der Waals surface area contributed by atoms with Crippen LogP contribution in [0.4, 0.5) is 0 Å². The van der Waals surface area contributed by atoms with Crippen molar-refractivity contribution in [2.45, 2.75) is 32.2 Å². The summed E-state index contributed by atoms with van der Waals surface area (Å²) in [6, 6.07) is 17.5. The van der Waals surface area contributed by atoms with Gasteiger partial charge in [0, 0.05) is 29.3 Å². The number of likely N-dealkylation sites (tertiary alicyclic amines) is 1. The van der Waals surface area contributed by atoms with E-state index in [1.54, 1.807) is 18.3 Å². The fraction of sp³-hybridized carbons (Fsp3) is 0.250. The number of amides is 1. The normalized spacial score (nSPS) is 16.4. The van der Waals surface area contributed by atoms with Gasteiger partial charge in [-0.2, -0.15) is 10.4 Å². The highest BCUT2D eigenvalue weighted by Crippen LogP contribution is 2.30. The lowest BCUT2D eigenvalue weighted by Gasteiger charge is -2.33. The first-order chi connectivity index (χ1) is 15.1. The van der Waals surface area contributed by atoms with E-state index >= 15 is 0 Å². The van der Waals surface area contributed by atoms with Crippen LogP contribution in [-0.4, -0.2) is 38.0 Å². The lowest BCUT2D eigenvalue weighted by Crippen LogP contribution is -2.41. The number of imidazole rings is 1. The molecular weight excluding hydrogens is 406 g/mol. The number of carbonyl (C=O) groups excluding carboxylic acids is 1. The SMILES string of the molecule is CC1CCCCN1C(=O)c1ccc(-c2nn3c(-c4ccc(C#N)cc4)cnc3s2)cc1. The maximum Gasteiger partial charge on any atom is 0.254 e. The second-order valence-electron chi connectivity index (χ2n) is 7.85. The first kappa shape index (κ1) is 19.5. The molecule has 1 saturated heterocycles. The van der Waals surface area contributed by atoms with Crippen LogP contribution < -0.4 is 0 Å². The topological polar surface area (TPSA) is 74.3 Å². The van der Waals surface area contributed by atoms with Gasteiger partial charge in [0.1, 0.15) is 5.01 Å². The maximum absolute atomic E-state index is 12.9. The van der Waals surface area contributed by atoms with E-state index in [0.29, 0.717) is 11.6 Å². The minimum absolute atomic E-state index is 0.107. The minimum Gasteiger partial charge on any atom is -0.336 e. The van der Waals surface area contributed by atoms with Crippen LogP contribution in [0.25, 0.3) is 26.8 Å². The third-order valence-electron chi connectivity index (χ3n) is 5.84. The molecule has 0 spiro atoms. The number of nitriles is 1. The van der Waals surface area contributed by atoms with Crippen molar-refractivity contribution in [2.75, 3.05) is 6.54 Å². The Morgan fingerprint density at radius 3 is 2.55 bits per heavy atom. The van der Waals surface area contributed by atoms with Gasteiger partial charge in [0.05, 0.1) is 23.5 Å². The predicted molar refractivity (Wildman–Crippen MR) is 121 cm³/mol. The number of aromatic nitrogens is 3. The van der Waals surface area contributed by atoms with Gasteiger partial charge in [-0.15, -0.1) is 0 Å². The largest absolute Gasteiger partial charge is 0.336 e. The molecule has 0 radical (unpaired) electrons. The summed E-state index contributed by atoms with van der Waals surface area (Å²) in [5.74, 6) is 0.107. The summed E-state index contributed by atoms with van der Waals surface area (Å²) < 4.78 is 1.83. The number of piperidine rings is 1. The monoisotopic (exact) mass is 427 g/mol. The van der Waals surface area contributed by atoms with Crippen LogP contribution >= 0.6 is 11.3 Å². The van der Waals surface area contributed by atoms with Gasteiger partial charge in [0.2, 0.25) is 4.96 Å². The molecular formula is C24H21N5OS. The van der Waals surface area contributed by atoms with E-state index in [1.165, 1.54) is 17.8 Å². The Kier molecular flexibility index (Phi) is 5.00. The number of rotatable bonds is 3. The number of fused-ring (bicyclic) bond motifs is 1. The highest BCUT2D eigenvalue weighted by molar-refractivity contribution is 7.19. The van der Waals surface area contributed by atoms with Gasteiger partial charge in [-0.25, -0.2) is 9.50 Å². The van der Waals surface area contributed by atoms with Crippen LogP contribution in [0.3, 0.4) is 0 Å². The van der Waals surface area contributed by atoms with E-state index in [4.69, 9.17) is 10.4 Å². The molecule has 6 nitrogen and oxygen atoms in total. The van der Waals surface area contributed by atoms with Crippen molar-refractivity contribution in [3.8, 4) is 27.9 Å². The van der Waals surface area contributed by atoms with Gasteiger partial charge in [0.25, 0.3) is 5.91 Å². The predicted octanol–water partition coefficient (Wildman–Crippen LogP) is 5.01. The van der Waals surface area contributed by atoms with Crippen molar-refractivity contribution in [3.05, 3.63) is 65.9 Å². The zero-order valence-electron chi connectivity index (χ0n) is 17.2. The Morgan fingerprint density at radius 2 is 1.84 bits per heavy atom. The molecule has 2 aromatic carbocycles. The molecule has 154 valence electrons. The second-order valence-corrected chi connectivity index (χ2v) is 8.81. The lowest BCUT2D eigenvalue weighted by molar-refractivity contribution is 0.0635. The fourth-order valence-corrected chi connectivity index (χ4v) is 4.92. The van der Waals surface area contributed by atoms with E-state index in [9.17, 15) is 4.79 Å². The number of carbonyl (C=O) groups is 1. The van der Waals surface area contributed by atoms with Crippen LogP contribution in [0.1, 0.15) is 42.1 Å². The molecule has 7 heteroatoms. The van der Waals surface area contributed by atoms with Crippen molar-refractivity contribution in [1.29, 1.82) is 5.26 Å². The molecule has 1 amide bonds. The number of nitrogens with zero attached hydrogens (tertiary/aromatic N) is 5. The van der Waals surface area contributed by atoms with E-state index in [1.807, 2.05) is 45.8 Å². The zero-order chi connectivity index (χ0) is 21.4. The second kappa shape index (κ2) is 7.97. The van der Waals surface area contributed by atoms with Gasteiger partial charge < -0.3 is 4.90 Å². The third kappa shape index (κ3) is 3.60. The van der Waals surface area contributed by atoms with Crippen LogP contribution in [0.15, 0.2) is 54.7 Å².